The third kappa shape index (κ3) is 12.7. The van der Waals surface area contributed by atoms with Crippen LogP contribution in [0, 0.1) is 0 Å². The van der Waals surface area contributed by atoms with Gasteiger partial charge in [-0.15, -0.1) is 0 Å². The van der Waals surface area contributed by atoms with Crippen LogP contribution in [-0.4, -0.2) is 37.1 Å². The van der Waals surface area contributed by atoms with Gasteiger partial charge in [-0.05, 0) is 46.2 Å². The third-order valence-electron chi connectivity index (χ3n) is 4.50. The highest BCUT2D eigenvalue weighted by Gasteiger charge is 2.22. The van der Waals surface area contributed by atoms with Crippen LogP contribution in [0.5, 0.6) is 0 Å². The van der Waals surface area contributed by atoms with E-state index in [1.165, 1.54) is 38.5 Å². The molecular formula is C17H37Cl2NSi3. The summed E-state index contributed by atoms with van der Waals surface area (Å²) in [6.45, 7) is 11.2. The minimum absolute atomic E-state index is 0.316. The van der Waals surface area contributed by atoms with Crippen molar-refractivity contribution in [1.82, 2.24) is 4.23 Å². The van der Waals surface area contributed by atoms with Crippen LogP contribution in [-0.2, 0) is 0 Å². The fraction of sp³-hybridized carbons (Fsp3) is 0.765. The quantitative estimate of drug-likeness (QED) is 0.241. The minimum atomic E-state index is -1.55. The zero-order chi connectivity index (χ0) is 17.7. The number of nitrogens with zero attached hydrogens (tertiary/aromatic N) is 1. The van der Waals surface area contributed by atoms with Gasteiger partial charge < -0.3 is 4.23 Å². The molecule has 0 saturated heterocycles. The lowest BCUT2D eigenvalue weighted by atomic mass is 10.1. The molecule has 0 amide bonds. The van der Waals surface area contributed by atoms with Crippen molar-refractivity contribution >= 4 is 48.9 Å². The van der Waals surface area contributed by atoms with Crippen LogP contribution in [0.25, 0.3) is 0 Å². The Morgan fingerprint density at radius 2 is 1.52 bits per heavy atom. The molecule has 6 heteroatoms. The Hall–Kier alpha value is 0.671. The number of hydrogen-bond donors (Lipinski definition) is 0. The van der Waals surface area contributed by atoms with E-state index in [0.29, 0.717) is 6.04 Å². The zero-order valence-corrected chi connectivity index (χ0v) is 21.4. The summed E-state index contributed by atoms with van der Waals surface area (Å²) in [5.74, 6) is 0. The Labute approximate surface area is 160 Å². The maximum Gasteiger partial charge on any atom is 0.238 e. The number of unbranched alkanes of at least 4 members (excludes halogenated alkanes) is 4. The topological polar surface area (TPSA) is 3.24 Å². The predicted molar refractivity (Wildman–Crippen MR) is 119 cm³/mol. The molecule has 0 saturated carbocycles. The molecule has 0 aliphatic rings. The van der Waals surface area contributed by atoms with Crippen molar-refractivity contribution in [3.63, 3.8) is 0 Å². The van der Waals surface area contributed by atoms with Gasteiger partial charge in [0.1, 0.15) is 19.4 Å². The summed E-state index contributed by atoms with van der Waals surface area (Å²) in [7, 11) is -2.18. The summed E-state index contributed by atoms with van der Waals surface area (Å²) in [5.41, 5.74) is 0. The molecule has 0 heterocycles. The van der Waals surface area contributed by atoms with Gasteiger partial charge in [0.25, 0.3) is 0 Å². The van der Waals surface area contributed by atoms with Gasteiger partial charge in [0.15, 0.2) is 0 Å². The standard InChI is InChI=1S/C17H37Cl2NSi3/c1-6-9-10-11-12-13-17(14-23(18)19)20(21-15(4)7-2)22-16(5)8-3/h7-8,17,23H,6,9-14,21-22H2,1-5H3. The lowest BCUT2D eigenvalue weighted by molar-refractivity contribution is 0.448. The van der Waals surface area contributed by atoms with Gasteiger partial charge in [0.2, 0.25) is 7.42 Å². The lowest BCUT2D eigenvalue weighted by Gasteiger charge is -2.33. The summed E-state index contributed by atoms with van der Waals surface area (Å²) in [5, 5.41) is 3.19. The fourth-order valence-electron chi connectivity index (χ4n) is 2.78. The summed E-state index contributed by atoms with van der Waals surface area (Å²) >= 11 is 12.6. The molecule has 0 radical (unpaired) electrons. The Morgan fingerprint density at radius 1 is 1.00 bits per heavy atom. The molecule has 1 atom stereocenters. The van der Waals surface area contributed by atoms with E-state index in [-0.39, 0.29) is 19.4 Å². The first-order valence-electron chi connectivity index (χ1n) is 9.20. The van der Waals surface area contributed by atoms with E-state index in [2.05, 4.69) is 51.0 Å². The molecule has 0 spiro atoms. The Balaban J connectivity index is 4.82. The van der Waals surface area contributed by atoms with Crippen LogP contribution in [0.4, 0.5) is 0 Å². The zero-order valence-electron chi connectivity index (χ0n) is 15.9. The Kier molecular flexibility index (Phi) is 15.4. The van der Waals surface area contributed by atoms with Crippen LogP contribution in [0.3, 0.4) is 0 Å². The van der Waals surface area contributed by atoms with Crippen molar-refractivity contribution in [2.45, 2.75) is 85.2 Å². The van der Waals surface area contributed by atoms with Gasteiger partial charge in [-0.2, -0.15) is 22.2 Å². The molecule has 0 N–H and O–H groups in total. The SMILES string of the molecule is CC=C(C)[SiH2]N([SiH2]C(C)=CC)C(CCCCCCC)C[SiH](Cl)Cl. The second-order valence-corrected chi connectivity index (χ2v) is 17.1. The van der Waals surface area contributed by atoms with Crippen molar-refractivity contribution < 1.29 is 0 Å². The Bertz CT molecular complexity index is 340. The highest BCUT2D eigenvalue weighted by atomic mass is 35.7. The first kappa shape index (κ1) is 23.7. The molecule has 0 aromatic carbocycles. The van der Waals surface area contributed by atoms with Gasteiger partial charge in [-0.3, -0.25) is 0 Å². The van der Waals surface area contributed by atoms with Gasteiger partial charge in [0, 0.05) is 0 Å². The van der Waals surface area contributed by atoms with E-state index >= 15 is 0 Å². The lowest BCUT2D eigenvalue weighted by Crippen LogP contribution is -2.43. The summed E-state index contributed by atoms with van der Waals surface area (Å²) in [6.07, 6.45) is 12.7. The van der Waals surface area contributed by atoms with Gasteiger partial charge in [-0.25, -0.2) is 0 Å². The fourth-order valence-corrected chi connectivity index (χ4v) is 10.9. The molecule has 1 unspecified atom stereocenters. The summed E-state index contributed by atoms with van der Waals surface area (Å²) < 4.78 is 2.87. The van der Waals surface area contributed by atoms with E-state index in [1.807, 2.05) is 0 Å². The van der Waals surface area contributed by atoms with E-state index in [4.69, 9.17) is 22.2 Å². The maximum atomic E-state index is 6.30. The maximum absolute atomic E-state index is 6.30. The van der Waals surface area contributed by atoms with Crippen LogP contribution >= 0.6 is 22.2 Å². The molecule has 0 bridgehead atoms. The van der Waals surface area contributed by atoms with Gasteiger partial charge in [0.05, 0.1) is 0 Å². The van der Waals surface area contributed by atoms with E-state index in [9.17, 15) is 0 Å². The second-order valence-electron chi connectivity index (χ2n) is 6.66. The van der Waals surface area contributed by atoms with Crippen molar-refractivity contribution in [1.29, 1.82) is 0 Å². The molecule has 0 aliphatic carbocycles. The molecule has 0 aromatic rings. The number of rotatable bonds is 13. The highest BCUT2D eigenvalue weighted by Crippen LogP contribution is 2.20. The summed E-state index contributed by atoms with van der Waals surface area (Å²) in [4.78, 5) is 0. The predicted octanol–water partition coefficient (Wildman–Crippen LogP) is 4.73. The first-order chi connectivity index (χ1) is 10.9. The van der Waals surface area contributed by atoms with Crippen molar-refractivity contribution in [2.24, 2.45) is 0 Å². The molecule has 1 nitrogen and oxygen atoms in total. The van der Waals surface area contributed by atoms with Crippen molar-refractivity contribution in [2.75, 3.05) is 0 Å². The van der Waals surface area contributed by atoms with Crippen LogP contribution < -0.4 is 0 Å². The molecule has 136 valence electrons. The Morgan fingerprint density at radius 3 is 1.96 bits per heavy atom. The number of allylic oxidation sites excluding steroid dienone is 4. The van der Waals surface area contributed by atoms with E-state index in [0.717, 1.165) is 6.04 Å². The van der Waals surface area contributed by atoms with Gasteiger partial charge in [-0.1, -0.05) is 61.6 Å². The van der Waals surface area contributed by atoms with Crippen molar-refractivity contribution in [3.8, 4) is 0 Å². The second kappa shape index (κ2) is 15.0. The van der Waals surface area contributed by atoms with Crippen LogP contribution in [0.1, 0.15) is 73.1 Å². The summed E-state index contributed by atoms with van der Waals surface area (Å²) in [6, 6.07) is 1.71. The average molecular weight is 411 g/mol. The molecule has 0 aliphatic heterocycles. The normalized spacial score (nSPS) is 15.9. The molecular weight excluding hydrogens is 373 g/mol. The average Bonchev–Trinajstić information content (AvgIpc) is 2.52. The van der Waals surface area contributed by atoms with E-state index < -0.39 is 7.42 Å². The minimum Gasteiger partial charge on any atom is -0.346 e. The third-order valence-corrected chi connectivity index (χ3v) is 11.5. The van der Waals surface area contributed by atoms with Gasteiger partial charge >= 0.3 is 0 Å². The van der Waals surface area contributed by atoms with Crippen LogP contribution in [0.15, 0.2) is 22.5 Å². The number of hydrogen-bond acceptors (Lipinski definition) is 1. The highest BCUT2D eigenvalue weighted by molar-refractivity contribution is 7.33. The molecule has 0 fully saturated rings. The first-order valence-corrected chi connectivity index (χ1v) is 16.2. The van der Waals surface area contributed by atoms with E-state index in [1.54, 1.807) is 10.4 Å². The molecule has 0 rings (SSSR count). The number of halogens is 2. The van der Waals surface area contributed by atoms with Crippen LogP contribution in [0.2, 0.25) is 6.04 Å². The van der Waals surface area contributed by atoms with Crippen molar-refractivity contribution in [3.05, 3.63) is 22.5 Å². The largest absolute Gasteiger partial charge is 0.346 e. The monoisotopic (exact) mass is 409 g/mol. The smallest absolute Gasteiger partial charge is 0.238 e. The molecule has 23 heavy (non-hydrogen) atoms. The molecule has 0 aromatic heterocycles.